The molecule has 9 nitrogen and oxygen atoms in total. The van der Waals surface area contributed by atoms with Crippen LogP contribution in [0.5, 0.6) is 0 Å². The van der Waals surface area contributed by atoms with Crippen molar-refractivity contribution in [1.29, 1.82) is 0 Å². The summed E-state index contributed by atoms with van der Waals surface area (Å²) in [6, 6.07) is 13.8. The van der Waals surface area contributed by atoms with E-state index >= 15 is 0 Å². The topological polar surface area (TPSA) is 127 Å². The Labute approximate surface area is 179 Å². The number of nitrogens with zero attached hydrogens (tertiary/aromatic N) is 2. The Hall–Kier alpha value is -3.66. The number of hydrogen-bond acceptors (Lipinski definition) is 6. The van der Waals surface area contributed by atoms with E-state index in [1.54, 1.807) is 36.4 Å². The third-order valence-electron chi connectivity index (χ3n) is 4.98. The van der Waals surface area contributed by atoms with Gasteiger partial charge < -0.3 is 5.11 Å². The molecule has 0 radical (unpaired) electrons. The summed E-state index contributed by atoms with van der Waals surface area (Å²) in [5.41, 5.74) is 0.695. The van der Waals surface area contributed by atoms with Gasteiger partial charge in [0.15, 0.2) is 0 Å². The van der Waals surface area contributed by atoms with Crippen molar-refractivity contribution in [1.82, 2.24) is 14.5 Å². The third-order valence-corrected chi connectivity index (χ3v) is 5.96. The van der Waals surface area contributed by atoms with Gasteiger partial charge in [0.25, 0.3) is 10.8 Å². The first-order chi connectivity index (χ1) is 14.8. The van der Waals surface area contributed by atoms with Crippen molar-refractivity contribution in [2.45, 2.75) is 24.8 Å². The molecule has 1 unspecified atom stereocenters. The number of rotatable bonds is 6. The van der Waals surface area contributed by atoms with Crippen LogP contribution in [-0.4, -0.2) is 36.6 Å². The Bertz CT molecular complexity index is 1330. The molecule has 0 spiro atoms. The maximum Gasteiger partial charge on any atom is 0.332 e. The van der Waals surface area contributed by atoms with Gasteiger partial charge in [-0.25, -0.2) is 9.36 Å². The highest BCUT2D eigenvalue weighted by Crippen LogP contribution is 2.23. The number of para-hydroxylation sites is 1. The maximum absolute atomic E-state index is 12.9. The molecular formula is C21H17N3O6S. The van der Waals surface area contributed by atoms with Crippen LogP contribution in [0.2, 0.25) is 0 Å². The second-order valence-corrected chi connectivity index (χ2v) is 8.25. The van der Waals surface area contributed by atoms with Gasteiger partial charge in [0.1, 0.15) is 6.54 Å². The normalized spacial score (nSPS) is 15.9. The van der Waals surface area contributed by atoms with Crippen molar-refractivity contribution < 1.29 is 19.5 Å². The van der Waals surface area contributed by atoms with E-state index in [9.17, 15) is 24.0 Å². The zero-order chi connectivity index (χ0) is 22.1. The number of nitrogens with one attached hydrogen (secondary N) is 1. The van der Waals surface area contributed by atoms with Crippen LogP contribution in [-0.2, 0) is 29.1 Å². The fourth-order valence-corrected chi connectivity index (χ4v) is 4.36. The van der Waals surface area contributed by atoms with E-state index in [0.717, 1.165) is 22.9 Å². The van der Waals surface area contributed by atoms with Crippen LogP contribution in [0, 0.1) is 0 Å². The van der Waals surface area contributed by atoms with Gasteiger partial charge in [0, 0.05) is 0 Å². The van der Waals surface area contributed by atoms with Crippen molar-refractivity contribution in [3.05, 3.63) is 80.5 Å². The molecule has 2 amide bonds. The van der Waals surface area contributed by atoms with Gasteiger partial charge in [-0.2, -0.15) is 0 Å². The van der Waals surface area contributed by atoms with Crippen LogP contribution in [0.15, 0.2) is 58.1 Å². The summed E-state index contributed by atoms with van der Waals surface area (Å²) >= 11 is 0.961. The number of thioether (sulfide) groups is 1. The van der Waals surface area contributed by atoms with Crippen molar-refractivity contribution in [2.75, 3.05) is 0 Å². The monoisotopic (exact) mass is 439 g/mol. The molecule has 3 aromatic rings. The molecule has 0 aliphatic carbocycles. The highest BCUT2D eigenvalue weighted by Gasteiger charge is 2.31. The minimum atomic E-state index is -1.28. The van der Waals surface area contributed by atoms with Crippen LogP contribution in [0.25, 0.3) is 10.9 Å². The second-order valence-electron chi connectivity index (χ2n) is 7.07. The Morgan fingerprint density at radius 3 is 2.29 bits per heavy atom. The van der Waals surface area contributed by atoms with Crippen LogP contribution < -0.4 is 16.6 Å². The van der Waals surface area contributed by atoms with Crippen molar-refractivity contribution in [2.24, 2.45) is 0 Å². The number of carboxylic acids is 1. The Kier molecular flexibility index (Phi) is 5.47. The van der Waals surface area contributed by atoms with Gasteiger partial charge in [-0.05, 0) is 29.7 Å². The first-order valence-corrected chi connectivity index (χ1v) is 10.2. The summed E-state index contributed by atoms with van der Waals surface area (Å²) in [6.45, 7) is -0.585. The lowest BCUT2D eigenvalue weighted by Crippen LogP contribution is -2.41. The molecule has 1 atom stereocenters. The van der Waals surface area contributed by atoms with E-state index in [2.05, 4.69) is 5.32 Å². The van der Waals surface area contributed by atoms with E-state index < -0.39 is 29.0 Å². The van der Waals surface area contributed by atoms with Gasteiger partial charge in [-0.1, -0.05) is 48.2 Å². The molecule has 1 saturated heterocycles. The van der Waals surface area contributed by atoms with Crippen LogP contribution in [0.3, 0.4) is 0 Å². The van der Waals surface area contributed by atoms with Crippen LogP contribution >= 0.6 is 11.8 Å². The average Bonchev–Trinajstić information content (AvgIpc) is 3.06. The lowest BCUT2D eigenvalue weighted by Gasteiger charge is -2.14. The lowest BCUT2D eigenvalue weighted by molar-refractivity contribution is -0.137. The highest BCUT2D eigenvalue weighted by atomic mass is 32.2. The molecule has 4 rings (SSSR count). The minimum Gasteiger partial charge on any atom is -0.480 e. The summed E-state index contributed by atoms with van der Waals surface area (Å²) in [4.78, 5) is 59.7. The lowest BCUT2D eigenvalue weighted by atomic mass is 10.1. The number of hydrogen-bond donors (Lipinski definition) is 2. The summed E-state index contributed by atoms with van der Waals surface area (Å²) in [5, 5.41) is 10.8. The summed E-state index contributed by atoms with van der Waals surface area (Å²) < 4.78 is 2.08. The third kappa shape index (κ3) is 4.15. The Morgan fingerprint density at radius 1 is 0.968 bits per heavy atom. The molecule has 1 aliphatic rings. The molecule has 1 aromatic heterocycles. The Balaban J connectivity index is 1.66. The summed E-state index contributed by atoms with van der Waals surface area (Å²) in [7, 11) is 0. The number of imide groups is 1. The zero-order valence-electron chi connectivity index (χ0n) is 16.1. The molecule has 1 fully saturated rings. The summed E-state index contributed by atoms with van der Waals surface area (Å²) in [6.07, 6.45) is 0.398. The average molecular weight is 439 g/mol. The molecular weight excluding hydrogens is 422 g/mol. The van der Waals surface area contributed by atoms with Gasteiger partial charge >= 0.3 is 11.7 Å². The van der Waals surface area contributed by atoms with Crippen molar-refractivity contribution in [3.8, 4) is 0 Å². The smallest absolute Gasteiger partial charge is 0.332 e. The van der Waals surface area contributed by atoms with E-state index in [1.165, 1.54) is 4.57 Å². The second kappa shape index (κ2) is 8.23. The van der Waals surface area contributed by atoms with Gasteiger partial charge in [0.2, 0.25) is 5.91 Å². The zero-order valence-corrected chi connectivity index (χ0v) is 16.9. The highest BCUT2D eigenvalue weighted by molar-refractivity contribution is 8.15. The molecule has 10 heteroatoms. The number of carbonyl (C=O) groups is 3. The fraction of sp³-hybridized carbons (Fsp3) is 0.190. The largest absolute Gasteiger partial charge is 0.480 e. The number of carboxylic acid groups (broad SMARTS) is 1. The van der Waals surface area contributed by atoms with E-state index in [0.29, 0.717) is 16.5 Å². The first kappa shape index (κ1) is 20.6. The number of aromatic nitrogens is 2. The Morgan fingerprint density at radius 2 is 1.65 bits per heavy atom. The predicted octanol–water partition coefficient (Wildman–Crippen LogP) is 1.19. The molecule has 2 N–H and O–H groups in total. The predicted molar refractivity (Wildman–Crippen MR) is 114 cm³/mol. The fourth-order valence-electron chi connectivity index (χ4n) is 3.50. The number of carbonyl (C=O) groups excluding carboxylic acids is 2. The van der Waals surface area contributed by atoms with E-state index in [1.807, 2.05) is 12.1 Å². The molecule has 2 heterocycles. The van der Waals surface area contributed by atoms with Crippen molar-refractivity contribution in [3.63, 3.8) is 0 Å². The summed E-state index contributed by atoms with van der Waals surface area (Å²) in [5.74, 6) is -1.59. The SMILES string of the molecule is O=C(O)Cn1c(=O)c2ccccc2n(Cc2ccc(CC3SC(=O)NC3=O)cc2)c1=O. The quantitative estimate of drug-likeness (QED) is 0.591. The molecule has 31 heavy (non-hydrogen) atoms. The van der Waals surface area contributed by atoms with Crippen LogP contribution in [0.4, 0.5) is 4.79 Å². The van der Waals surface area contributed by atoms with Crippen molar-refractivity contribution >= 4 is 39.8 Å². The first-order valence-electron chi connectivity index (χ1n) is 9.37. The van der Waals surface area contributed by atoms with Gasteiger partial charge in [-0.15, -0.1) is 0 Å². The number of fused-ring (bicyclic) bond motifs is 1. The van der Waals surface area contributed by atoms with Gasteiger partial charge in [0.05, 0.1) is 22.7 Å². The standard InChI is InChI=1S/C21H17N3O6S/c25-17(26)11-24-19(28)14-3-1-2-4-15(14)23(21(24)30)10-13-7-5-12(6-8-13)9-16-18(27)22-20(29)31-16/h1-8,16H,9-11H2,(H,25,26)(H,22,27,29). The minimum absolute atomic E-state index is 0.136. The maximum atomic E-state index is 12.9. The molecule has 0 bridgehead atoms. The molecule has 0 saturated carbocycles. The number of benzene rings is 2. The number of amides is 2. The molecule has 158 valence electrons. The van der Waals surface area contributed by atoms with Crippen LogP contribution in [0.1, 0.15) is 11.1 Å². The van der Waals surface area contributed by atoms with E-state index in [4.69, 9.17) is 5.11 Å². The molecule has 1 aliphatic heterocycles. The molecule has 2 aromatic carbocycles. The number of aliphatic carboxylic acids is 1. The van der Waals surface area contributed by atoms with Gasteiger partial charge in [-0.3, -0.25) is 29.1 Å². The van der Waals surface area contributed by atoms with E-state index in [-0.39, 0.29) is 23.1 Å².